The van der Waals surface area contributed by atoms with Gasteiger partial charge in [-0.1, -0.05) is 12.8 Å². The normalized spacial score (nSPS) is 24.5. The molecule has 25 heavy (non-hydrogen) atoms. The van der Waals surface area contributed by atoms with Gasteiger partial charge in [0.15, 0.2) is 9.84 Å². The summed E-state index contributed by atoms with van der Waals surface area (Å²) >= 11 is 0. The number of benzene rings is 1. The van der Waals surface area contributed by atoms with E-state index in [0.717, 1.165) is 45.1 Å². The fraction of sp³-hybridized carbons (Fsp3) is 0.611. The lowest BCUT2D eigenvalue weighted by atomic mass is 10.0. The average Bonchev–Trinajstić information content (AvgIpc) is 3.10. The van der Waals surface area contributed by atoms with Crippen molar-refractivity contribution < 1.29 is 13.2 Å². The van der Waals surface area contributed by atoms with Crippen molar-refractivity contribution in [3.63, 3.8) is 0 Å². The molecule has 2 fully saturated rings. The molecule has 2 aliphatic rings. The van der Waals surface area contributed by atoms with Gasteiger partial charge in [-0.2, -0.15) is 0 Å². The average molecular weight is 387 g/mol. The van der Waals surface area contributed by atoms with Gasteiger partial charge in [-0.05, 0) is 63.4 Å². The molecule has 1 amide bonds. The lowest BCUT2D eigenvalue weighted by molar-refractivity contribution is 0.0925. The largest absolute Gasteiger partial charge is 0.349 e. The van der Waals surface area contributed by atoms with Crippen LogP contribution in [0.5, 0.6) is 0 Å². The highest BCUT2D eigenvalue weighted by molar-refractivity contribution is 7.92. The number of hydrogen-bond acceptors (Lipinski definition) is 4. The molecule has 2 N–H and O–H groups in total. The van der Waals surface area contributed by atoms with Crippen LogP contribution in [-0.4, -0.2) is 38.2 Å². The Morgan fingerprint density at radius 3 is 2.36 bits per heavy atom. The van der Waals surface area contributed by atoms with E-state index in [1.807, 2.05) is 0 Å². The third-order valence-corrected chi connectivity index (χ3v) is 7.42. The minimum atomic E-state index is -3.26. The maximum absolute atomic E-state index is 12.6. The van der Waals surface area contributed by atoms with Crippen LogP contribution in [0.4, 0.5) is 0 Å². The summed E-state index contributed by atoms with van der Waals surface area (Å²) in [5.41, 5.74) is 0.520. The predicted octanol–water partition coefficient (Wildman–Crippen LogP) is 2.70. The molecule has 1 aromatic rings. The van der Waals surface area contributed by atoms with Crippen LogP contribution in [0.3, 0.4) is 0 Å². The zero-order valence-corrected chi connectivity index (χ0v) is 16.2. The zero-order valence-electron chi connectivity index (χ0n) is 14.5. The SMILES string of the molecule is CC1CC(NC(=O)c2ccc(S(=O)(=O)C3CCCC3)cc2)CCN1.Cl. The van der Waals surface area contributed by atoms with E-state index in [0.29, 0.717) is 16.5 Å². The van der Waals surface area contributed by atoms with Crippen LogP contribution in [0.2, 0.25) is 0 Å². The van der Waals surface area contributed by atoms with Crippen molar-refractivity contribution in [3.8, 4) is 0 Å². The van der Waals surface area contributed by atoms with E-state index in [1.54, 1.807) is 24.3 Å². The van der Waals surface area contributed by atoms with Crippen molar-refractivity contribution >= 4 is 28.2 Å². The van der Waals surface area contributed by atoms with Gasteiger partial charge >= 0.3 is 0 Å². The number of amides is 1. The quantitative estimate of drug-likeness (QED) is 0.834. The van der Waals surface area contributed by atoms with Gasteiger partial charge in [-0.3, -0.25) is 4.79 Å². The van der Waals surface area contributed by atoms with Crippen molar-refractivity contribution in [2.45, 2.75) is 67.7 Å². The van der Waals surface area contributed by atoms with Crippen molar-refractivity contribution in [3.05, 3.63) is 29.8 Å². The Hall–Kier alpha value is -1.11. The van der Waals surface area contributed by atoms with E-state index in [-0.39, 0.29) is 29.6 Å². The number of sulfone groups is 1. The first-order valence-corrected chi connectivity index (χ1v) is 10.4. The Bertz CT molecular complexity index is 685. The maximum Gasteiger partial charge on any atom is 0.251 e. The number of hydrogen-bond donors (Lipinski definition) is 2. The first-order chi connectivity index (χ1) is 11.5. The first-order valence-electron chi connectivity index (χ1n) is 8.85. The molecule has 1 aliphatic carbocycles. The topological polar surface area (TPSA) is 75.3 Å². The summed E-state index contributed by atoms with van der Waals surface area (Å²) in [5.74, 6) is -0.126. The molecule has 2 atom stereocenters. The first kappa shape index (κ1) is 20.2. The van der Waals surface area contributed by atoms with Crippen LogP contribution in [0.1, 0.15) is 55.8 Å². The highest BCUT2D eigenvalue weighted by Gasteiger charge is 2.30. The molecule has 2 unspecified atom stereocenters. The number of carbonyl (C=O) groups is 1. The molecule has 1 saturated heterocycles. The van der Waals surface area contributed by atoms with Crippen LogP contribution in [0, 0.1) is 0 Å². The number of carbonyl (C=O) groups excluding carboxylic acids is 1. The van der Waals surface area contributed by atoms with Crippen molar-refractivity contribution in [2.24, 2.45) is 0 Å². The van der Waals surface area contributed by atoms with E-state index in [9.17, 15) is 13.2 Å². The molecule has 140 valence electrons. The molecule has 3 rings (SSSR count). The molecule has 5 nitrogen and oxygen atoms in total. The molecular weight excluding hydrogens is 360 g/mol. The van der Waals surface area contributed by atoms with Gasteiger partial charge in [-0.15, -0.1) is 12.4 Å². The lowest BCUT2D eigenvalue weighted by Crippen LogP contribution is -2.46. The van der Waals surface area contributed by atoms with Crippen molar-refractivity contribution in [2.75, 3.05) is 6.54 Å². The molecule has 0 bridgehead atoms. The van der Waals surface area contributed by atoms with Gasteiger partial charge in [0.2, 0.25) is 0 Å². The molecule has 1 saturated carbocycles. The van der Waals surface area contributed by atoms with Gasteiger partial charge in [0.05, 0.1) is 10.1 Å². The summed E-state index contributed by atoms with van der Waals surface area (Å²) in [6.45, 7) is 3.02. The second-order valence-corrected chi connectivity index (χ2v) is 9.25. The van der Waals surface area contributed by atoms with E-state index >= 15 is 0 Å². The van der Waals surface area contributed by atoms with Crippen LogP contribution < -0.4 is 10.6 Å². The number of rotatable bonds is 4. The summed E-state index contributed by atoms with van der Waals surface area (Å²) in [4.78, 5) is 12.7. The van der Waals surface area contributed by atoms with E-state index < -0.39 is 9.84 Å². The summed E-state index contributed by atoms with van der Waals surface area (Å²) in [7, 11) is -3.26. The molecule has 1 heterocycles. The third-order valence-electron chi connectivity index (χ3n) is 5.14. The van der Waals surface area contributed by atoms with Crippen molar-refractivity contribution in [1.29, 1.82) is 0 Å². The summed E-state index contributed by atoms with van der Waals surface area (Å²) in [5, 5.41) is 6.15. The minimum absolute atomic E-state index is 0. The highest BCUT2D eigenvalue weighted by Crippen LogP contribution is 2.29. The zero-order chi connectivity index (χ0) is 17.2. The smallest absolute Gasteiger partial charge is 0.251 e. The Morgan fingerprint density at radius 2 is 1.76 bits per heavy atom. The second kappa shape index (κ2) is 8.52. The summed E-state index contributed by atoms with van der Waals surface area (Å²) < 4.78 is 25.1. The molecule has 1 aromatic carbocycles. The van der Waals surface area contributed by atoms with Gasteiger partial charge in [0, 0.05) is 17.6 Å². The summed E-state index contributed by atoms with van der Waals surface area (Å²) in [6.07, 6.45) is 5.30. The Morgan fingerprint density at radius 1 is 1.12 bits per heavy atom. The third kappa shape index (κ3) is 4.74. The van der Waals surface area contributed by atoms with Gasteiger partial charge < -0.3 is 10.6 Å². The standard InChI is InChI=1S/C18H26N2O3S.ClH/c1-13-12-15(10-11-19-13)20-18(21)14-6-8-17(9-7-14)24(22,23)16-4-2-3-5-16;/h6-9,13,15-16,19H,2-5,10-12H2,1H3,(H,20,21);1H. The minimum Gasteiger partial charge on any atom is -0.349 e. The molecule has 0 radical (unpaired) electrons. The maximum atomic E-state index is 12.6. The fourth-order valence-electron chi connectivity index (χ4n) is 3.72. The Labute approximate surface area is 156 Å². The van der Waals surface area contributed by atoms with Gasteiger partial charge in [0.25, 0.3) is 5.91 Å². The van der Waals surface area contributed by atoms with E-state index in [1.165, 1.54) is 0 Å². The molecule has 7 heteroatoms. The van der Waals surface area contributed by atoms with E-state index in [4.69, 9.17) is 0 Å². The lowest BCUT2D eigenvalue weighted by Gasteiger charge is -2.28. The molecule has 0 aromatic heterocycles. The summed E-state index contributed by atoms with van der Waals surface area (Å²) in [6, 6.07) is 6.99. The van der Waals surface area contributed by atoms with Gasteiger partial charge in [-0.25, -0.2) is 8.42 Å². The van der Waals surface area contributed by atoms with E-state index in [2.05, 4.69) is 17.6 Å². The van der Waals surface area contributed by atoms with Crippen LogP contribution in [0.15, 0.2) is 29.2 Å². The number of piperidine rings is 1. The monoisotopic (exact) mass is 386 g/mol. The molecule has 1 aliphatic heterocycles. The Kier molecular flexibility index (Phi) is 6.88. The number of halogens is 1. The Balaban J connectivity index is 0.00000225. The predicted molar refractivity (Wildman–Crippen MR) is 101 cm³/mol. The van der Waals surface area contributed by atoms with Crippen LogP contribution in [-0.2, 0) is 9.84 Å². The second-order valence-electron chi connectivity index (χ2n) is 7.03. The number of nitrogens with one attached hydrogen (secondary N) is 2. The molecule has 0 spiro atoms. The highest BCUT2D eigenvalue weighted by atomic mass is 35.5. The molecular formula is C18H27ClN2O3S. The van der Waals surface area contributed by atoms with Crippen LogP contribution in [0.25, 0.3) is 0 Å². The fourth-order valence-corrected chi connectivity index (χ4v) is 5.57. The van der Waals surface area contributed by atoms with Crippen LogP contribution >= 0.6 is 12.4 Å². The van der Waals surface area contributed by atoms with Crippen molar-refractivity contribution in [1.82, 2.24) is 10.6 Å². The van der Waals surface area contributed by atoms with Gasteiger partial charge in [0.1, 0.15) is 0 Å².